The van der Waals surface area contributed by atoms with E-state index in [4.69, 9.17) is 0 Å². The van der Waals surface area contributed by atoms with Gasteiger partial charge in [0.05, 0.1) is 0 Å². The van der Waals surface area contributed by atoms with Crippen molar-refractivity contribution in [1.82, 2.24) is 4.90 Å². The van der Waals surface area contributed by atoms with Crippen molar-refractivity contribution in [3.05, 3.63) is 29.3 Å². The molecule has 1 heterocycles. The van der Waals surface area contributed by atoms with Crippen LogP contribution in [0.4, 0.5) is 14.5 Å². The first kappa shape index (κ1) is 13.9. The second-order valence-electron chi connectivity index (χ2n) is 5.07. The average Bonchev–Trinajstić information content (AvgIpc) is 2.38. The quantitative estimate of drug-likeness (QED) is 0.786. The molecule has 0 aromatic heterocycles. The number of hydrogen-bond donors (Lipinski definition) is 0. The van der Waals surface area contributed by atoms with E-state index >= 15 is 0 Å². The normalized spacial score (nSPS) is 17.0. The number of nitrogens with zero attached hydrogens (tertiary/aromatic N) is 2. The minimum Gasteiger partial charge on any atom is -0.364 e. The van der Waals surface area contributed by atoms with Crippen molar-refractivity contribution in [3.8, 4) is 0 Å². The van der Waals surface area contributed by atoms with Crippen LogP contribution in [0.25, 0.3) is 0 Å². The van der Waals surface area contributed by atoms with Crippen LogP contribution in [0.2, 0.25) is 0 Å². The summed E-state index contributed by atoms with van der Waals surface area (Å²) in [5.41, 5.74) is 0.00794. The number of anilines is 1. The summed E-state index contributed by atoms with van der Waals surface area (Å²) in [5, 5.41) is 0. The van der Waals surface area contributed by atoms with Gasteiger partial charge in [0.15, 0.2) is 0 Å². The first-order valence-electron chi connectivity index (χ1n) is 6.46. The van der Waals surface area contributed by atoms with E-state index in [0.717, 1.165) is 25.2 Å². The zero-order chi connectivity index (χ0) is 14.0. The lowest BCUT2D eigenvalue weighted by atomic mass is 10.1. The molecule has 1 aromatic rings. The van der Waals surface area contributed by atoms with Gasteiger partial charge >= 0.3 is 0 Å². The first-order valence-corrected chi connectivity index (χ1v) is 6.46. The molecule has 0 spiro atoms. The van der Waals surface area contributed by atoms with Gasteiger partial charge in [0.1, 0.15) is 23.6 Å². The maximum Gasteiger partial charge on any atom is 0.150 e. The van der Waals surface area contributed by atoms with E-state index in [1.165, 1.54) is 0 Å². The molecule has 0 atom stereocenters. The standard InChI is InChI=1S/C14H18F2N2O/c1-10(2)17-3-5-18(6-4-17)14-12(15)7-11(9-19)8-13(14)16/h7-10H,3-6H2,1-2H3. The van der Waals surface area contributed by atoms with Gasteiger partial charge < -0.3 is 4.90 Å². The highest BCUT2D eigenvalue weighted by Crippen LogP contribution is 2.26. The van der Waals surface area contributed by atoms with Crippen LogP contribution in [-0.4, -0.2) is 43.4 Å². The fraction of sp³-hybridized carbons (Fsp3) is 0.500. The molecule has 0 bridgehead atoms. The summed E-state index contributed by atoms with van der Waals surface area (Å²) >= 11 is 0. The Morgan fingerprint density at radius 2 is 1.63 bits per heavy atom. The summed E-state index contributed by atoms with van der Waals surface area (Å²) in [6, 6.07) is 2.61. The van der Waals surface area contributed by atoms with Crippen molar-refractivity contribution < 1.29 is 13.6 Å². The third-order valence-electron chi connectivity index (χ3n) is 3.54. The van der Waals surface area contributed by atoms with E-state index < -0.39 is 11.6 Å². The Kier molecular flexibility index (Phi) is 4.14. The third-order valence-corrected chi connectivity index (χ3v) is 3.54. The van der Waals surface area contributed by atoms with Gasteiger partial charge in [-0.2, -0.15) is 0 Å². The number of halogens is 2. The molecule has 0 aliphatic carbocycles. The molecule has 0 radical (unpaired) electrons. The van der Waals surface area contributed by atoms with Gasteiger partial charge in [-0.05, 0) is 26.0 Å². The number of aldehydes is 1. The van der Waals surface area contributed by atoms with Gasteiger partial charge in [-0.15, -0.1) is 0 Å². The lowest BCUT2D eigenvalue weighted by Gasteiger charge is -2.38. The molecule has 3 nitrogen and oxygen atoms in total. The van der Waals surface area contributed by atoms with Gasteiger partial charge in [0, 0.05) is 37.8 Å². The van der Waals surface area contributed by atoms with Crippen LogP contribution in [0.3, 0.4) is 0 Å². The molecule has 5 heteroatoms. The largest absolute Gasteiger partial charge is 0.364 e. The predicted molar refractivity (Wildman–Crippen MR) is 70.7 cm³/mol. The Balaban J connectivity index is 2.18. The maximum absolute atomic E-state index is 13.9. The van der Waals surface area contributed by atoms with Crippen LogP contribution < -0.4 is 4.90 Å². The molecule has 1 fully saturated rings. The fourth-order valence-electron chi connectivity index (χ4n) is 2.42. The minimum atomic E-state index is -0.667. The van der Waals surface area contributed by atoms with E-state index in [-0.39, 0.29) is 11.3 Å². The van der Waals surface area contributed by atoms with Gasteiger partial charge in [-0.25, -0.2) is 8.78 Å². The second-order valence-corrected chi connectivity index (χ2v) is 5.07. The molecule has 1 saturated heterocycles. The van der Waals surface area contributed by atoms with Crippen LogP contribution in [0.5, 0.6) is 0 Å². The van der Waals surface area contributed by atoms with Crippen LogP contribution in [0, 0.1) is 11.6 Å². The molecule has 2 rings (SSSR count). The van der Waals surface area contributed by atoms with Crippen LogP contribution in [-0.2, 0) is 0 Å². The summed E-state index contributed by atoms with van der Waals surface area (Å²) in [6.07, 6.45) is 0.451. The van der Waals surface area contributed by atoms with Gasteiger partial charge in [0.25, 0.3) is 0 Å². The monoisotopic (exact) mass is 268 g/mol. The summed E-state index contributed by atoms with van der Waals surface area (Å²) in [6.45, 7) is 6.96. The van der Waals surface area contributed by atoms with Crippen LogP contribution >= 0.6 is 0 Å². The van der Waals surface area contributed by atoms with Gasteiger partial charge in [0.2, 0.25) is 0 Å². The van der Waals surface area contributed by atoms with Crippen molar-refractivity contribution in [2.24, 2.45) is 0 Å². The topological polar surface area (TPSA) is 23.6 Å². The summed E-state index contributed by atoms with van der Waals surface area (Å²) in [7, 11) is 0. The molecule has 1 aliphatic rings. The first-order chi connectivity index (χ1) is 9.02. The SMILES string of the molecule is CC(C)N1CCN(c2c(F)cc(C=O)cc2F)CC1. The van der Waals surface area contributed by atoms with E-state index in [1.54, 1.807) is 4.90 Å². The smallest absolute Gasteiger partial charge is 0.150 e. The highest BCUT2D eigenvalue weighted by Gasteiger charge is 2.23. The zero-order valence-corrected chi connectivity index (χ0v) is 11.2. The highest BCUT2D eigenvalue weighted by molar-refractivity contribution is 5.76. The van der Waals surface area contributed by atoms with E-state index in [0.29, 0.717) is 25.4 Å². The molecule has 0 amide bonds. The number of benzene rings is 1. The second kappa shape index (κ2) is 5.65. The average molecular weight is 268 g/mol. The molecule has 19 heavy (non-hydrogen) atoms. The van der Waals surface area contributed by atoms with Crippen LogP contribution in [0.1, 0.15) is 24.2 Å². The van der Waals surface area contributed by atoms with Crippen molar-refractivity contribution in [2.45, 2.75) is 19.9 Å². The van der Waals surface area contributed by atoms with Crippen LogP contribution in [0.15, 0.2) is 12.1 Å². The highest BCUT2D eigenvalue weighted by atomic mass is 19.1. The lowest BCUT2D eigenvalue weighted by Crippen LogP contribution is -2.49. The Morgan fingerprint density at radius 3 is 2.05 bits per heavy atom. The van der Waals surface area contributed by atoms with Crippen molar-refractivity contribution >= 4 is 12.0 Å². The van der Waals surface area contributed by atoms with Crippen molar-refractivity contribution in [3.63, 3.8) is 0 Å². The fourth-order valence-corrected chi connectivity index (χ4v) is 2.42. The van der Waals surface area contributed by atoms with Crippen molar-refractivity contribution in [2.75, 3.05) is 31.1 Å². The number of rotatable bonds is 3. The Labute approximate surface area is 111 Å². The molecule has 1 aliphatic heterocycles. The molecule has 0 N–H and O–H groups in total. The summed E-state index contributed by atoms with van der Waals surface area (Å²) < 4.78 is 27.8. The number of hydrogen-bond acceptors (Lipinski definition) is 3. The maximum atomic E-state index is 13.9. The van der Waals surface area contributed by atoms with Gasteiger partial charge in [-0.1, -0.05) is 0 Å². The summed E-state index contributed by atoms with van der Waals surface area (Å²) in [5.74, 6) is -1.33. The molecule has 0 unspecified atom stereocenters. The minimum absolute atomic E-state index is 0.0194. The Morgan fingerprint density at radius 1 is 1.11 bits per heavy atom. The molecule has 104 valence electrons. The van der Waals surface area contributed by atoms with E-state index in [2.05, 4.69) is 18.7 Å². The predicted octanol–water partition coefficient (Wildman–Crippen LogP) is 2.31. The lowest BCUT2D eigenvalue weighted by molar-refractivity contribution is 0.112. The van der Waals surface area contributed by atoms with Crippen molar-refractivity contribution in [1.29, 1.82) is 0 Å². The third kappa shape index (κ3) is 2.92. The molecular formula is C14H18F2N2O. The molecule has 0 saturated carbocycles. The van der Waals surface area contributed by atoms with E-state index in [9.17, 15) is 13.6 Å². The number of piperazine rings is 1. The Bertz CT molecular complexity index is 446. The summed E-state index contributed by atoms with van der Waals surface area (Å²) in [4.78, 5) is 14.5. The number of carbonyl (C=O) groups excluding carboxylic acids is 1. The van der Waals surface area contributed by atoms with Gasteiger partial charge in [-0.3, -0.25) is 9.69 Å². The van der Waals surface area contributed by atoms with E-state index in [1.807, 2.05) is 0 Å². The Hall–Kier alpha value is -1.49. The zero-order valence-electron chi connectivity index (χ0n) is 11.2. The number of carbonyl (C=O) groups is 1. The molecule has 1 aromatic carbocycles. The molecular weight excluding hydrogens is 250 g/mol.